The van der Waals surface area contributed by atoms with E-state index in [9.17, 15) is 0 Å². The number of hydrogen-bond donors (Lipinski definition) is 0. The first kappa shape index (κ1) is 29.3. The van der Waals surface area contributed by atoms with Crippen molar-refractivity contribution in [3.8, 4) is 34.5 Å². The summed E-state index contributed by atoms with van der Waals surface area (Å²) in [6.45, 7) is 9.68. The number of hydrogen-bond acceptors (Lipinski definition) is 9. The quantitative estimate of drug-likeness (QED) is 0.176. The molecule has 0 aliphatic carbocycles. The molecule has 0 radical (unpaired) electrons. The van der Waals surface area contributed by atoms with Gasteiger partial charge in [-0.1, -0.05) is 18.2 Å². The van der Waals surface area contributed by atoms with E-state index in [1.54, 1.807) is 0 Å². The highest BCUT2D eigenvalue weighted by atomic mass is 32.1. The van der Waals surface area contributed by atoms with Crippen LogP contribution in [-0.2, 0) is 0 Å². The van der Waals surface area contributed by atoms with Crippen LogP contribution in [0, 0.1) is 20.8 Å². The number of nitrogens with zero attached hydrogens (tertiary/aromatic N) is 2. The fourth-order valence-corrected chi connectivity index (χ4v) is 9.94. The number of ether oxygens (including phenoxy) is 6. The van der Waals surface area contributed by atoms with Crippen LogP contribution in [0.5, 0.6) is 34.5 Å². The SMILES string of the molecule is Cc1cc2c3c(c1)N(c1c(C)cc4c(c1C)OCCO4)c1c(sc4ccccc14)B3c1cc3c(cc1N2c1ccc2c(c1)OCCO2)OCCO3. The Hall–Kier alpha value is -5.48. The van der Waals surface area contributed by atoms with Crippen molar-refractivity contribution in [2.24, 2.45) is 0 Å². The summed E-state index contributed by atoms with van der Waals surface area (Å²) >= 11 is 1.87. The first-order valence-corrected chi connectivity index (χ1v) is 18.3. The van der Waals surface area contributed by atoms with Gasteiger partial charge in [0.1, 0.15) is 39.6 Å². The van der Waals surface area contributed by atoms with Gasteiger partial charge in [0.2, 0.25) is 0 Å². The lowest BCUT2D eigenvalue weighted by molar-refractivity contribution is 0.170. The molecule has 5 aliphatic heterocycles. The summed E-state index contributed by atoms with van der Waals surface area (Å²) in [5.41, 5.74) is 12.4. The van der Waals surface area contributed by atoms with Crippen molar-refractivity contribution in [1.82, 2.24) is 0 Å². The molecule has 5 aliphatic rings. The fraction of sp³-hybridized carbons (Fsp3) is 0.220. The lowest BCUT2D eigenvalue weighted by atomic mass is 9.36. The Morgan fingerprint density at radius 3 is 2.06 bits per heavy atom. The maximum Gasteiger partial charge on any atom is 0.264 e. The summed E-state index contributed by atoms with van der Waals surface area (Å²) < 4.78 is 39.5. The molecular weight excluding hydrogens is 659 g/mol. The normalized spacial score (nSPS) is 16.1. The van der Waals surface area contributed by atoms with Crippen molar-refractivity contribution in [2.45, 2.75) is 20.8 Å². The molecule has 0 bridgehead atoms. The summed E-state index contributed by atoms with van der Waals surface area (Å²) in [5.74, 6) is 4.68. The molecule has 8 nitrogen and oxygen atoms in total. The monoisotopic (exact) mass is 692 g/mol. The third kappa shape index (κ3) is 4.14. The molecular formula is C41H33BN2O6S. The fourth-order valence-electron chi connectivity index (χ4n) is 8.63. The van der Waals surface area contributed by atoms with E-state index in [0.717, 1.165) is 79.6 Å². The number of thiophene rings is 1. The van der Waals surface area contributed by atoms with E-state index >= 15 is 0 Å². The zero-order valence-electron chi connectivity index (χ0n) is 28.5. The lowest BCUT2D eigenvalue weighted by Gasteiger charge is -2.44. The first-order chi connectivity index (χ1) is 25.0. The van der Waals surface area contributed by atoms with E-state index in [1.165, 1.54) is 31.5 Å². The van der Waals surface area contributed by atoms with Crippen molar-refractivity contribution >= 4 is 78.0 Å². The second-order valence-electron chi connectivity index (χ2n) is 13.7. The molecule has 0 amide bonds. The molecule has 0 fully saturated rings. The molecule has 5 aromatic carbocycles. The molecule has 6 heterocycles. The van der Waals surface area contributed by atoms with Crippen LogP contribution >= 0.6 is 11.3 Å². The molecule has 10 heteroatoms. The number of fused-ring (bicyclic) bond motifs is 9. The van der Waals surface area contributed by atoms with Crippen molar-refractivity contribution in [3.63, 3.8) is 0 Å². The predicted octanol–water partition coefficient (Wildman–Crippen LogP) is 7.22. The first-order valence-electron chi connectivity index (χ1n) is 17.5. The maximum atomic E-state index is 6.30. The van der Waals surface area contributed by atoms with Crippen molar-refractivity contribution < 1.29 is 28.4 Å². The van der Waals surface area contributed by atoms with Crippen molar-refractivity contribution in [2.75, 3.05) is 49.4 Å². The third-order valence-corrected chi connectivity index (χ3v) is 11.8. The number of benzene rings is 5. The topological polar surface area (TPSA) is 61.9 Å². The van der Waals surface area contributed by atoms with Gasteiger partial charge in [0, 0.05) is 49.6 Å². The minimum Gasteiger partial charge on any atom is -0.486 e. The Kier molecular flexibility index (Phi) is 6.18. The molecule has 6 aromatic rings. The minimum absolute atomic E-state index is 0.0450. The van der Waals surface area contributed by atoms with Crippen LogP contribution in [0.1, 0.15) is 16.7 Å². The average molecular weight is 693 g/mol. The van der Waals surface area contributed by atoms with E-state index in [0.29, 0.717) is 39.6 Å². The zero-order chi connectivity index (χ0) is 34.0. The average Bonchev–Trinajstić information content (AvgIpc) is 3.54. The Balaban J connectivity index is 1.25. The zero-order valence-corrected chi connectivity index (χ0v) is 29.3. The Morgan fingerprint density at radius 2 is 1.25 bits per heavy atom. The molecule has 0 saturated heterocycles. The summed E-state index contributed by atoms with van der Waals surface area (Å²) in [5, 5.41) is 1.23. The van der Waals surface area contributed by atoms with Crippen molar-refractivity contribution in [3.05, 3.63) is 89.5 Å². The molecule has 0 atom stereocenters. The number of aryl methyl sites for hydroxylation is 2. The van der Waals surface area contributed by atoms with E-state index in [2.05, 4.69) is 97.3 Å². The molecule has 0 spiro atoms. The molecule has 51 heavy (non-hydrogen) atoms. The van der Waals surface area contributed by atoms with Crippen LogP contribution in [0.2, 0.25) is 0 Å². The predicted molar refractivity (Wildman–Crippen MR) is 203 cm³/mol. The van der Waals surface area contributed by atoms with Gasteiger partial charge in [0.15, 0.2) is 34.5 Å². The number of rotatable bonds is 2. The minimum atomic E-state index is -0.0450. The largest absolute Gasteiger partial charge is 0.486 e. The Labute approximate surface area is 299 Å². The molecule has 252 valence electrons. The van der Waals surface area contributed by atoms with Crippen LogP contribution in [0.4, 0.5) is 34.1 Å². The third-order valence-electron chi connectivity index (χ3n) is 10.6. The highest BCUT2D eigenvalue weighted by Crippen LogP contribution is 2.53. The van der Waals surface area contributed by atoms with Crippen LogP contribution in [0.25, 0.3) is 10.1 Å². The summed E-state index contributed by atoms with van der Waals surface area (Å²) in [4.78, 5) is 4.87. The summed E-state index contributed by atoms with van der Waals surface area (Å²) in [6.07, 6.45) is 0. The second kappa shape index (κ2) is 10.8. The smallest absolute Gasteiger partial charge is 0.264 e. The van der Waals surface area contributed by atoms with E-state index in [-0.39, 0.29) is 6.71 Å². The van der Waals surface area contributed by atoms with Crippen LogP contribution in [0.3, 0.4) is 0 Å². The molecule has 0 saturated carbocycles. The van der Waals surface area contributed by atoms with Crippen LogP contribution in [-0.4, -0.2) is 46.4 Å². The maximum absolute atomic E-state index is 6.30. The lowest BCUT2D eigenvalue weighted by Crippen LogP contribution is -2.60. The van der Waals surface area contributed by atoms with E-state index < -0.39 is 0 Å². The van der Waals surface area contributed by atoms with E-state index in [4.69, 9.17) is 28.4 Å². The molecule has 0 N–H and O–H groups in total. The van der Waals surface area contributed by atoms with Gasteiger partial charge >= 0.3 is 0 Å². The second-order valence-corrected chi connectivity index (χ2v) is 14.8. The van der Waals surface area contributed by atoms with E-state index in [1.807, 2.05) is 17.4 Å². The summed E-state index contributed by atoms with van der Waals surface area (Å²) in [6, 6.07) is 26.2. The van der Waals surface area contributed by atoms with Gasteiger partial charge in [0.05, 0.1) is 17.1 Å². The standard InChI is InChI=1S/C41H33BN2O6S/c1-22-16-29-37-30(17-22)44(38-23(2)18-35-40(24(38)3)50-15-14-49-35)39-26-6-4-5-7-36(26)51-41(39)42(37)27-20-33-34(48-13-12-47-33)21-28(27)43(29)25-8-9-31-32(19-25)46-11-10-45-31/h4-9,16-21H,10-15H2,1-3H3. The molecule has 11 rings (SSSR count). The van der Waals surface area contributed by atoms with Crippen LogP contribution < -0.4 is 53.9 Å². The highest BCUT2D eigenvalue weighted by molar-refractivity contribution is 7.33. The van der Waals surface area contributed by atoms with Crippen LogP contribution in [0.15, 0.2) is 72.8 Å². The van der Waals surface area contributed by atoms with Gasteiger partial charge in [-0.3, -0.25) is 0 Å². The van der Waals surface area contributed by atoms with Gasteiger partial charge in [-0.2, -0.15) is 0 Å². The Bertz CT molecular complexity index is 2480. The van der Waals surface area contributed by atoms with Gasteiger partial charge in [0.25, 0.3) is 6.71 Å². The van der Waals surface area contributed by atoms with Gasteiger partial charge in [-0.25, -0.2) is 0 Å². The molecule has 0 unspecified atom stereocenters. The highest BCUT2D eigenvalue weighted by Gasteiger charge is 2.47. The van der Waals surface area contributed by atoms with Gasteiger partial charge in [-0.05, 0) is 85.3 Å². The summed E-state index contributed by atoms with van der Waals surface area (Å²) in [7, 11) is 0. The Morgan fingerprint density at radius 1 is 0.588 bits per heavy atom. The van der Waals surface area contributed by atoms with Gasteiger partial charge in [-0.15, -0.1) is 11.3 Å². The van der Waals surface area contributed by atoms with Gasteiger partial charge < -0.3 is 38.2 Å². The number of anilines is 6. The van der Waals surface area contributed by atoms with Crippen molar-refractivity contribution in [1.29, 1.82) is 0 Å². The molecule has 1 aromatic heterocycles.